The quantitative estimate of drug-likeness (QED) is 0.568. The number of hydrogen-bond donors (Lipinski definition) is 3. The van der Waals surface area contributed by atoms with E-state index in [2.05, 4.69) is 10.6 Å². The number of urea groups is 1. The molecule has 0 bridgehead atoms. The number of nitrogens with one attached hydrogen (secondary N) is 2. The lowest BCUT2D eigenvalue weighted by molar-refractivity contribution is 0.252. The zero-order valence-corrected chi connectivity index (χ0v) is 10.1. The zero-order valence-electron chi connectivity index (χ0n) is 8.50. The van der Waals surface area contributed by atoms with Crippen molar-refractivity contribution in [2.45, 2.75) is 0 Å². The number of amides is 2. The van der Waals surface area contributed by atoms with Crippen LogP contribution in [0.2, 0.25) is 0 Å². The largest absolute Gasteiger partial charge is 0.389 e. The highest BCUT2D eigenvalue weighted by molar-refractivity contribution is 7.80. The van der Waals surface area contributed by atoms with Gasteiger partial charge in [-0.15, -0.1) is 11.6 Å². The van der Waals surface area contributed by atoms with Gasteiger partial charge in [-0.25, -0.2) is 4.79 Å². The highest BCUT2D eigenvalue weighted by atomic mass is 35.5. The minimum absolute atomic E-state index is 0.244. The van der Waals surface area contributed by atoms with Crippen LogP contribution in [0.4, 0.5) is 10.5 Å². The topological polar surface area (TPSA) is 67.1 Å². The van der Waals surface area contributed by atoms with Gasteiger partial charge in [-0.1, -0.05) is 24.4 Å². The number of nitrogens with two attached hydrogens (primary N) is 1. The normalized spacial score (nSPS) is 9.56. The second-order valence-electron chi connectivity index (χ2n) is 2.98. The van der Waals surface area contributed by atoms with Gasteiger partial charge in [0.2, 0.25) is 0 Å². The summed E-state index contributed by atoms with van der Waals surface area (Å²) in [6, 6.07) is 6.74. The molecule has 2 amide bonds. The number of hydrogen-bond acceptors (Lipinski definition) is 2. The van der Waals surface area contributed by atoms with E-state index in [0.717, 1.165) is 0 Å². The second kappa shape index (κ2) is 6.30. The van der Waals surface area contributed by atoms with E-state index in [-0.39, 0.29) is 11.0 Å². The first-order valence-electron chi connectivity index (χ1n) is 4.65. The molecule has 0 fully saturated rings. The summed E-state index contributed by atoms with van der Waals surface area (Å²) < 4.78 is 0. The molecule has 0 saturated heterocycles. The first-order valence-corrected chi connectivity index (χ1v) is 5.59. The Morgan fingerprint density at radius 3 is 2.75 bits per heavy atom. The monoisotopic (exact) mass is 257 g/mol. The summed E-state index contributed by atoms with van der Waals surface area (Å²) >= 11 is 10.3. The summed E-state index contributed by atoms with van der Waals surface area (Å²) in [5.74, 6) is 0.365. The maximum absolute atomic E-state index is 11.4. The molecule has 0 aliphatic heterocycles. The molecule has 1 rings (SSSR count). The van der Waals surface area contributed by atoms with E-state index in [4.69, 9.17) is 29.6 Å². The number of alkyl halides is 1. The van der Waals surface area contributed by atoms with Crippen molar-refractivity contribution in [2.75, 3.05) is 17.7 Å². The Morgan fingerprint density at radius 2 is 2.12 bits per heavy atom. The number of para-hydroxylation sites is 1. The van der Waals surface area contributed by atoms with Gasteiger partial charge in [-0.2, -0.15) is 0 Å². The van der Waals surface area contributed by atoms with Crippen LogP contribution in [-0.4, -0.2) is 23.4 Å². The van der Waals surface area contributed by atoms with Gasteiger partial charge in [-0.05, 0) is 12.1 Å². The summed E-state index contributed by atoms with van der Waals surface area (Å²) in [5, 5.41) is 5.23. The zero-order chi connectivity index (χ0) is 12.0. The number of carbonyl (C=O) groups excluding carboxylic acids is 1. The lowest BCUT2D eigenvalue weighted by Gasteiger charge is -2.10. The number of thiocarbonyl (C=S) groups is 1. The predicted molar refractivity (Wildman–Crippen MR) is 70.1 cm³/mol. The van der Waals surface area contributed by atoms with Crippen LogP contribution in [0.25, 0.3) is 0 Å². The van der Waals surface area contributed by atoms with E-state index in [1.54, 1.807) is 24.3 Å². The van der Waals surface area contributed by atoms with Crippen molar-refractivity contribution in [1.29, 1.82) is 0 Å². The third-order valence-corrected chi connectivity index (χ3v) is 2.23. The van der Waals surface area contributed by atoms with Gasteiger partial charge in [0, 0.05) is 18.0 Å². The van der Waals surface area contributed by atoms with E-state index < -0.39 is 0 Å². The molecule has 16 heavy (non-hydrogen) atoms. The van der Waals surface area contributed by atoms with Gasteiger partial charge in [0.25, 0.3) is 0 Å². The maximum atomic E-state index is 11.4. The van der Waals surface area contributed by atoms with Crippen molar-refractivity contribution in [1.82, 2.24) is 5.32 Å². The predicted octanol–water partition coefficient (Wildman–Crippen LogP) is 1.68. The van der Waals surface area contributed by atoms with Crippen LogP contribution in [0.5, 0.6) is 0 Å². The molecular formula is C10H12ClN3OS. The number of benzene rings is 1. The van der Waals surface area contributed by atoms with Crippen molar-refractivity contribution >= 4 is 40.5 Å². The molecule has 0 atom stereocenters. The Kier molecular flexibility index (Phi) is 5.01. The molecule has 1 aromatic carbocycles. The van der Waals surface area contributed by atoms with Crippen molar-refractivity contribution in [3.8, 4) is 0 Å². The molecule has 4 nitrogen and oxygen atoms in total. The fourth-order valence-corrected chi connectivity index (χ4v) is 1.41. The third-order valence-electron chi connectivity index (χ3n) is 1.82. The Labute approximate surface area is 104 Å². The molecule has 0 radical (unpaired) electrons. The van der Waals surface area contributed by atoms with Crippen LogP contribution in [0.1, 0.15) is 5.56 Å². The van der Waals surface area contributed by atoms with Gasteiger partial charge < -0.3 is 16.4 Å². The van der Waals surface area contributed by atoms with E-state index in [0.29, 0.717) is 23.7 Å². The number of halogens is 1. The Balaban J connectivity index is 2.73. The average Bonchev–Trinajstić information content (AvgIpc) is 2.27. The lowest BCUT2D eigenvalue weighted by Crippen LogP contribution is -2.31. The molecule has 0 aliphatic rings. The summed E-state index contributed by atoms with van der Waals surface area (Å²) in [7, 11) is 0. The number of rotatable bonds is 4. The molecule has 0 spiro atoms. The Bertz CT molecular complexity index is 397. The SMILES string of the molecule is NC(=S)c1ccccc1NC(=O)NCCCl. The summed E-state index contributed by atoms with van der Waals surface area (Å²) in [6.07, 6.45) is 0. The van der Waals surface area contributed by atoms with Gasteiger partial charge in [0.1, 0.15) is 4.99 Å². The molecule has 0 aromatic heterocycles. The molecule has 4 N–H and O–H groups in total. The van der Waals surface area contributed by atoms with Gasteiger partial charge >= 0.3 is 6.03 Å². The molecular weight excluding hydrogens is 246 g/mol. The fraction of sp³-hybridized carbons (Fsp3) is 0.200. The van der Waals surface area contributed by atoms with Gasteiger partial charge in [0.05, 0.1) is 5.69 Å². The summed E-state index contributed by atoms with van der Waals surface area (Å²) in [5.41, 5.74) is 6.75. The number of carbonyl (C=O) groups is 1. The van der Waals surface area contributed by atoms with Crippen LogP contribution in [0.3, 0.4) is 0 Å². The third kappa shape index (κ3) is 3.67. The Morgan fingerprint density at radius 1 is 1.44 bits per heavy atom. The van der Waals surface area contributed by atoms with E-state index in [9.17, 15) is 4.79 Å². The lowest BCUT2D eigenvalue weighted by atomic mass is 10.2. The van der Waals surface area contributed by atoms with Crippen molar-refractivity contribution < 1.29 is 4.79 Å². The highest BCUT2D eigenvalue weighted by Crippen LogP contribution is 2.14. The van der Waals surface area contributed by atoms with E-state index in [1.165, 1.54) is 0 Å². The Hall–Kier alpha value is -1.33. The molecule has 0 unspecified atom stereocenters. The highest BCUT2D eigenvalue weighted by Gasteiger charge is 2.06. The van der Waals surface area contributed by atoms with E-state index in [1.807, 2.05) is 0 Å². The molecule has 86 valence electrons. The standard InChI is InChI=1S/C10H12ClN3OS/c11-5-6-13-10(15)14-8-4-2-1-3-7(8)9(12)16/h1-4H,5-6H2,(H2,12,16)(H2,13,14,15). The van der Waals surface area contributed by atoms with Crippen molar-refractivity contribution in [3.05, 3.63) is 29.8 Å². The molecule has 1 aromatic rings. The van der Waals surface area contributed by atoms with Crippen molar-refractivity contribution in [3.63, 3.8) is 0 Å². The van der Waals surface area contributed by atoms with Crippen LogP contribution in [-0.2, 0) is 0 Å². The van der Waals surface area contributed by atoms with Crippen LogP contribution >= 0.6 is 23.8 Å². The summed E-state index contributed by atoms with van der Waals surface area (Å²) in [4.78, 5) is 11.6. The second-order valence-corrected chi connectivity index (χ2v) is 3.80. The van der Waals surface area contributed by atoms with Gasteiger partial charge in [-0.3, -0.25) is 0 Å². The summed E-state index contributed by atoms with van der Waals surface area (Å²) in [6.45, 7) is 0.405. The minimum atomic E-state index is -0.329. The molecule has 0 aliphatic carbocycles. The van der Waals surface area contributed by atoms with Crippen LogP contribution in [0, 0.1) is 0 Å². The van der Waals surface area contributed by atoms with Crippen LogP contribution < -0.4 is 16.4 Å². The average molecular weight is 258 g/mol. The van der Waals surface area contributed by atoms with Crippen LogP contribution in [0.15, 0.2) is 24.3 Å². The molecule has 0 heterocycles. The maximum Gasteiger partial charge on any atom is 0.319 e. The van der Waals surface area contributed by atoms with E-state index >= 15 is 0 Å². The minimum Gasteiger partial charge on any atom is -0.389 e. The number of anilines is 1. The first-order chi connectivity index (χ1) is 7.65. The van der Waals surface area contributed by atoms with Crippen molar-refractivity contribution in [2.24, 2.45) is 5.73 Å². The van der Waals surface area contributed by atoms with Gasteiger partial charge in [0.15, 0.2) is 0 Å². The first kappa shape index (κ1) is 12.7. The molecule has 6 heteroatoms. The smallest absolute Gasteiger partial charge is 0.319 e. The fourth-order valence-electron chi connectivity index (χ4n) is 1.13. The molecule has 0 saturated carbocycles.